The fourth-order valence-corrected chi connectivity index (χ4v) is 1.04. The van der Waals surface area contributed by atoms with Crippen LogP contribution in [-0.4, -0.2) is 7.11 Å². The van der Waals surface area contributed by atoms with Gasteiger partial charge in [0.25, 0.3) is 0 Å². The van der Waals surface area contributed by atoms with Gasteiger partial charge in [-0.1, -0.05) is 13.8 Å². The van der Waals surface area contributed by atoms with Crippen molar-refractivity contribution >= 4 is 0 Å². The largest absolute Gasteiger partial charge is 0.497 e. The molecule has 0 saturated heterocycles. The van der Waals surface area contributed by atoms with Gasteiger partial charge in [0.05, 0.1) is 7.11 Å². The second-order valence-corrected chi connectivity index (χ2v) is 3.08. The van der Waals surface area contributed by atoms with Gasteiger partial charge in [0.15, 0.2) is 0 Å². The van der Waals surface area contributed by atoms with Crippen molar-refractivity contribution in [1.82, 2.24) is 0 Å². The molecule has 1 aromatic carbocycles. The summed E-state index contributed by atoms with van der Waals surface area (Å²) in [7, 11) is 1.54. The molecule has 0 aromatic heterocycles. The molecule has 0 N–H and O–H groups in total. The van der Waals surface area contributed by atoms with E-state index in [1.807, 2.05) is 19.9 Å². The summed E-state index contributed by atoms with van der Waals surface area (Å²) in [5.74, 6) is 0.673. The van der Waals surface area contributed by atoms with Gasteiger partial charge in [0.2, 0.25) is 0 Å². The number of rotatable bonds is 2. The minimum Gasteiger partial charge on any atom is -0.497 e. The number of benzene rings is 1. The Morgan fingerprint density at radius 1 is 1.25 bits per heavy atom. The predicted molar refractivity (Wildman–Crippen MR) is 47.0 cm³/mol. The summed E-state index contributed by atoms with van der Waals surface area (Å²) >= 11 is 0. The van der Waals surface area contributed by atoms with Crippen LogP contribution in [0.1, 0.15) is 25.3 Å². The molecule has 1 aromatic rings. The molecule has 12 heavy (non-hydrogen) atoms. The monoisotopic (exact) mass is 168 g/mol. The second kappa shape index (κ2) is 3.57. The van der Waals surface area contributed by atoms with Crippen molar-refractivity contribution < 1.29 is 9.13 Å². The summed E-state index contributed by atoms with van der Waals surface area (Å²) in [6.07, 6.45) is 0. The number of halogens is 1. The molecule has 0 heterocycles. The fraction of sp³-hybridized carbons (Fsp3) is 0.400. The maximum Gasteiger partial charge on any atom is 0.127 e. The van der Waals surface area contributed by atoms with Crippen molar-refractivity contribution in [2.45, 2.75) is 19.8 Å². The molecule has 0 amide bonds. The zero-order chi connectivity index (χ0) is 9.14. The van der Waals surface area contributed by atoms with E-state index in [9.17, 15) is 4.39 Å². The lowest BCUT2D eigenvalue weighted by atomic mass is 10.0. The minimum atomic E-state index is -0.238. The molecule has 0 unspecified atom stereocenters. The Labute approximate surface area is 72.2 Å². The first-order valence-corrected chi connectivity index (χ1v) is 3.98. The van der Waals surface area contributed by atoms with Crippen LogP contribution in [0.5, 0.6) is 5.75 Å². The summed E-state index contributed by atoms with van der Waals surface area (Å²) in [5, 5.41) is 0. The van der Waals surface area contributed by atoms with E-state index in [4.69, 9.17) is 4.74 Å². The molecule has 0 aliphatic carbocycles. The smallest absolute Gasteiger partial charge is 0.127 e. The third-order valence-electron chi connectivity index (χ3n) is 1.80. The van der Waals surface area contributed by atoms with Crippen LogP contribution in [-0.2, 0) is 0 Å². The van der Waals surface area contributed by atoms with Crippen LogP contribution in [0.25, 0.3) is 0 Å². The molecular weight excluding hydrogens is 155 g/mol. The first-order chi connectivity index (χ1) is 5.63. The highest BCUT2D eigenvalue weighted by atomic mass is 19.1. The Morgan fingerprint density at radius 2 is 1.92 bits per heavy atom. The summed E-state index contributed by atoms with van der Waals surface area (Å²) in [5.41, 5.74) is 0.965. The highest BCUT2D eigenvalue weighted by molar-refractivity contribution is 5.31. The zero-order valence-corrected chi connectivity index (χ0v) is 7.60. The lowest BCUT2D eigenvalue weighted by Crippen LogP contribution is -1.91. The SMILES string of the molecule is COc1cc(F)cc(C(C)C)c1. The number of hydrogen-bond acceptors (Lipinski definition) is 1. The Bertz CT molecular complexity index is 269. The minimum absolute atomic E-state index is 0.238. The molecule has 0 fully saturated rings. The summed E-state index contributed by atoms with van der Waals surface area (Å²) < 4.78 is 17.8. The average Bonchev–Trinajstić information content (AvgIpc) is 2.03. The van der Waals surface area contributed by atoms with Crippen LogP contribution in [0.2, 0.25) is 0 Å². The first-order valence-electron chi connectivity index (χ1n) is 3.98. The van der Waals surface area contributed by atoms with E-state index in [0.29, 0.717) is 11.7 Å². The molecule has 0 aliphatic rings. The van der Waals surface area contributed by atoms with Crippen LogP contribution in [0, 0.1) is 5.82 Å². The van der Waals surface area contributed by atoms with E-state index >= 15 is 0 Å². The number of ether oxygens (including phenoxy) is 1. The lowest BCUT2D eigenvalue weighted by Gasteiger charge is -2.07. The van der Waals surface area contributed by atoms with Gasteiger partial charge >= 0.3 is 0 Å². The van der Waals surface area contributed by atoms with Gasteiger partial charge in [-0.15, -0.1) is 0 Å². The molecule has 0 saturated carbocycles. The van der Waals surface area contributed by atoms with Crippen LogP contribution < -0.4 is 4.74 Å². The Kier molecular flexibility index (Phi) is 2.69. The van der Waals surface area contributed by atoms with Gasteiger partial charge in [0, 0.05) is 6.07 Å². The van der Waals surface area contributed by atoms with Gasteiger partial charge in [-0.25, -0.2) is 4.39 Å². The molecule has 0 radical (unpaired) electrons. The van der Waals surface area contributed by atoms with Crippen molar-refractivity contribution in [2.24, 2.45) is 0 Å². The Hall–Kier alpha value is -1.05. The first kappa shape index (κ1) is 9.04. The van der Waals surface area contributed by atoms with Crippen LogP contribution in [0.15, 0.2) is 18.2 Å². The molecule has 66 valence electrons. The second-order valence-electron chi connectivity index (χ2n) is 3.08. The lowest BCUT2D eigenvalue weighted by molar-refractivity contribution is 0.410. The molecular formula is C10H13FO. The van der Waals surface area contributed by atoms with Crippen LogP contribution in [0.3, 0.4) is 0 Å². The van der Waals surface area contributed by atoms with Gasteiger partial charge in [-0.2, -0.15) is 0 Å². The summed E-state index contributed by atoms with van der Waals surface area (Å²) in [4.78, 5) is 0. The third-order valence-corrected chi connectivity index (χ3v) is 1.80. The van der Waals surface area contributed by atoms with Gasteiger partial charge in [-0.05, 0) is 23.6 Å². The van der Waals surface area contributed by atoms with Crippen molar-refractivity contribution in [1.29, 1.82) is 0 Å². The van der Waals surface area contributed by atoms with E-state index in [2.05, 4.69) is 0 Å². The average molecular weight is 168 g/mol. The normalized spacial score (nSPS) is 10.4. The van der Waals surface area contributed by atoms with E-state index in [-0.39, 0.29) is 5.82 Å². The Balaban J connectivity index is 3.06. The van der Waals surface area contributed by atoms with Crippen molar-refractivity contribution in [2.75, 3.05) is 7.11 Å². The number of hydrogen-bond donors (Lipinski definition) is 0. The highest BCUT2D eigenvalue weighted by Gasteiger charge is 2.03. The molecule has 1 nitrogen and oxygen atoms in total. The predicted octanol–water partition coefficient (Wildman–Crippen LogP) is 2.96. The molecule has 0 atom stereocenters. The van der Waals surface area contributed by atoms with Crippen LogP contribution >= 0.6 is 0 Å². The summed E-state index contributed by atoms with van der Waals surface area (Å²) in [6, 6.07) is 4.77. The highest BCUT2D eigenvalue weighted by Crippen LogP contribution is 2.21. The maximum absolute atomic E-state index is 12.9. The van der Waals surface area contributed by atoms with E-state index in [1.54, 1.807) is 7.11 Å². The quantitative estimate of drug-likeness (QED) is 0.659. The summed E-state index contributed by atoms with van der Waals surface area (Å²) in [6.45, 7) is 4.04. The van der Waals surface area contributed by atoms with Crippen molar-refractivity contribution in [3.8, 4) is 5.75 Å². The van der Waals surface area contributed by atoms with Gasteiger partial charge < -0.3 is 4.74 Å². The molecule has 0 spiro atoms. The van der Waals surface area contributed by atoms with E-state index in [1.165, 1.54) is 12.1 Å². The van der Waals surface area contributed by atoms with Gasteiger partial charge in [-0.3, -0.25) is 0 Å². The van der Waals surface area contributed by atoms with Gasteiger partial charge in [0.1, 0.15) is 11.6 Å². The van der Waals surface area contributed by atoms with E-state index < -0.39 is 0 Å². The standard InChI is InChI=1S/C10H13FO/c1-7(2)8-4-9(11)6-10(5-8)12-3/h4-7H,1-3H3. The number of methoxy groups -OCH3 is 1. The molecule has 0 aliphatic heterocycles. The molecule has 0 bridgehead atoms. The molecule has 1 rings (SSSR count). The zero-order valence-electron chi connectivity index (χ0n) is 7.60. The molecule has 2 heteroatoms. The fourth-order valence-electron chi connectivity index (χ4n) is 1.04. The topological polar surface area (TPSA) is 9.23 Å². The maximum atomic E-state index is 12.9. The Morgan fingerprint density at radius 3 is 2.42 bits per heavy atom. The van der Waals surface area contributed by atoms with Crippen LogP contribution in [0.4, 0.5) is 4.39 Å². The van der Waals surface area contributed by atoms with Crippen molar-refractivity contribution in [3.05, 3.63) is 29.6 Å². The van der Waals surface area contributed by atoms with E-state index in [0.717, 1.165) is 5.56 Å². The van der Waals surface area contributed by atoms with Crippen molar-refractivity contribution in [3.63, 3.8) is 0 Å². The third kappa shape index (κ3) is 1.97.